The fourth-order valence-corrected chi connectivity index (χ4v) is 10.5. The van der Waals surface area contributed by atoms with Gasteiger partial charge in [-0.1, -0.05) is 17.4 Å². The van der Waals surface area contributed by atoms with Gasteiger partial charge in [-0.15, -0.1) is 10.2 Å². The molecule has 3 unspecified atom stereocenters. The van der Waals surface area contributed by atoms with Gasteiger partial charge in [0.05, 0.1) is 34.2 Å². The summed E-state index contributed by atoms with van der Waals surface area (Å²) in [5.74, 6) is -1.12. The van der Waals surface area contributed by atoms with Gasteiger partial charge in [0.15, 0.2) is 5.01 Å². The van der Waals surface area contributed by atoms with E-state index in [9.17, 15) is 24.4 Å². The third kappa shape index (κ3) is 6.14. The maximum absolute atomic E-state index is 13.7. The van der Waals surface area contributed by atoms with Gasteiger partial charge >= 0.3 is 0 Å². The van der Waals surface area contributed by atoms with E-state index in [0.29, 0.717) is 54.3 Å². The van der Waals surface area contributed by atoms with E-state index < -0.39 is 11.9 Å². The number of piperazine rings is 1. The Kier molecular flexibility index (Phi) is 8.90. The first kappa shape index (κ1) is 36.1. The lowest BCUT2D eigenvalue weighted by molar-refractivity contribution is -0.136. The van der Waals surface area contributed by atoms with Crippen molar-refractivity contribution in [3.05, 3.63) is 77.1 Å². The molecule has 0 radical (unpaired) electrons. The van der Waals surface area contributed by atoms with Crippen LogP contribution in [0.1, 0.15) is 70.4 Å². The van der Waals surface area contributed by atoms with Crippen LogP contribution in [0.4, 0.5) is 10.8 Å². The highest BCUT2D eigenvalue weighted by Gasteiger charge is 2.45. The van der Waals surface area contributed by atoms with Crippen molar-refractivity contribution in [1.29, 1.82) is 5.26 Å². The number of likely N-dealkylation sites (tertiary alicyclic amines) is 1. The highest BCUT2D eigenvalue weighted by Crippen LogP contribution is 2.40. The van der Waals surface area contributed by atoms with Crippen molar-refractivity contribution < 1.29 is 19.2 Å². The van der Waals surface area contributed by atoms with Gasteiger partial charge in [-0.3, -0.25) is 34.4 Å². The molecule has 0 spiro atoms. The fourth-order valence-electron chi connectivity index (χ4n) is 9.60. The van der Waals surface area contributed by atoms with E-state index in [1.54, 1.807) is 40.2 Å². The summed E-state index contributed by atoms with van der Waals surface area (Å²) in [6.07, 6.45) is 7.91. The van der Waals surface area contributed by atoms with Crippen molar-refractivity contribution in [2.75, 3.05) is 43.4 Å². The molecule has 5 aliphatic rings. The van der Waals surface area contributed by atoms with Crippen LogP contribution in [0.15, 0.2) is 54.9 Å². The second-order valence-corrected chi connectivity index (χ2v) is 16.7. The Labute approximate surface area is 337 Å². The second kappa shape index (κ2) is 14.3. The lowest BCUT2D eigenvalue weighted by Gasteiger charge is -2.47. The maximum atomic E-state index is 13.7. The first-order valence-corrected chi connectivity index (χ1v) is 20.6. The quantitative estimate of drug-likeness (QED) is 0.229. The molecule has 4 fully saturated rings. The van der Waals surface area contributed by atoms with E-state index in [-0.39, 0.29) is 30.7 Å². The van der Waals surface area contributed by atoms with E-state index in [0.717, 1.165) is 82.6 Å². The molecule has 0 saturated carbocycles. The summed E-state index contributed by atoms with van der Waals surface area (Å²) in [7, 11) is 1.88. The lowest BCUT2D eigenvalue weighted by atomic mass is 9.98. The standard InChI is InChI=1S/C41H40N12O4S/c1-43-32-16-33(34-7-6-27-14-23(17-42)18-45-53(27)34)44-19-31(32)38-47-48-41(58-38)50-21-28-4-5-29(22-50)52(28)26-10-12-49(13-11-26)39(56)24-2-3-25-20-51(40(57)30(25)15-24)35-8-9-36(54)46-37(35)55/h2-3,6-7,14-16,18-19,26,28-29,35H,4-5,8-13,20-22H2,1H3,(H,43,44)(H,46,54,55). The number of imide groups is 1. The molecule has 16 nitrogen and oxygen atoms in total. The molecule has 5 aromatic rings. The highest BCUT2D eigenvalue weighted by molar-refractivity contribution is 7.18. The third-order valence-electron chi connectivity index (χ3n) is 12.5. The van der Waals surface area contributed by atoms with Crippen molar-refractivity contribution in [2.45, 2.75) is 69.2 Å². The number of pyridine rings is 1. The number of amides is 4. The molecule has 294 valence electrons. The predicted octanol–water partition coefficient (Wildman–Crippen LogP) is 3.55. The zero-order chi connectivity index (χ0) is 39.7. The van der Waals surface area contributed by atoms with Crippen LogP contribution in [-0.4, -0.2) is 121 Å². The molecular formula is C41H40N12O4S. The van der Waals surface area contributed by atoms with Gasteiger partial charge in [0.2, 0.25) is 16.9 Å². The lowest BCUT2D eigenvalue weighted by Crippen LogP contribution is -2.59. The molecule has 4 aromatic heterocycles. The minimum Gasteiger partial charge on any atom is -0.387 e. The summed E-state index contributed by atoms with van der Waals surface area (Å²) in [6.45, 7) is 3.34. The van der Waals surface area contributed by atoms with Gasteiger partial charge in [0.1, 0.15) is 12.1 Å². The Morgan fingerprint density at radius 3 is 2.50 bits per heavy atom. The van der Waals surface area contributed by atoms with Crippen LogP contribution in [0.25, 0.3) is 27.5 Å². The van der Waals surface area contributed by atoms with Crippen molar-refractivity contribution in [1.82, 2.24) is 44.8 Å². The molecule has 0 aliphatic carbocycles. The monoisotopic (exact) mass is 796 g/mol. The van der Waals surface area contributed by atoms with E-state index in [1.807, 2.05) is 42.4 Å². The number of hydrogen-bond donors (Lipinski definition) is 2. The molecule has 2 N–H and O–H groups in total. The minimum absolute atomic E-state index is 0.0786. The zero-order valence-electron chi connectivity index (χ0n) is 31.8. The van der Waals surface area contributed by atoms with E-state index in [1.165, 1.54) is 4.90 Å². The number of aromatic nitrogens is 5. The molecule has 58 heavy (non-hydrogen) atoms. The van der Waals surface area contributed by atoms with Crippen LogP contribution in [0.2, 0.25) is 0 Å². The Balaban J connectivity index is 0.771. The SMILES string of the molecule is CNc1cc(-c2ccc3cc(C#N)cnn23)ncc1-c1nnc(N2CC3CCC(C2)N3C2CCN(C(=O)c3ccc4c(c3)C(=O)N(C3CCC(=O)NC3=O)C4)CC2)s1. The topological polar surface area (TPSA) is 185 Å². The van der Waals surface area contributed by atoms with Crippen molar-refractivity contribution >= 4 is 51.3 Å². The van der Waals surface area contributed by atoms with Gasteiger partial charge in [-0.2, -0.15) is 10.4 Å². The highest BCUT2D eigenvalue weighted by atomic mass is 32.1. The number of nitriles is 1. The van der Waals surface area contributed by atoms with Crippen LogP contribution >= 0.6 is 11.3 Å². The van der Waals surface area contributed by atoms with Crippen molar-refractivity contribution in [2.24, 2.45) is 0 Å². The molecule has 1 aromatic carbocycles. The number of carbonyl (C=O) groups is 4. The molecule has 4 saturated heterocycles. The minimum atomic E-state index is -0.685. The van der Waals surface area contributed by atoms with E-state index in [4.69, 9.17) is 4.98 Å². The number of nitrogens with one attached hydrogen (secondary N) is 2. The van der Waals surface area contributed by atoms with Gasteiger partial charge < -0.3 is 20.0 Å². The summed E-state index contributed by atoms with van der Waals surface area (Å²) in [4.78, 5) is 64.5. The van der Waals surface area contributed by atoms with Gasteiger partial charge in [-0.25, -0.2) is 4.52 Å². The summed E-state index contributed by atoms with van der Waals surface area (Å²) >= 11 is 1.58. The predicted molar refractivity (Wildman–Crippen MR) is 214 cm³/mol. The molecule has 10 rings (SSSR count). The smallest absolute Gasteiger partial charge is 0.255 e. The summed E-state index contributed by atoms with van der Waals surface area (Å²) in [5.41, 5.74) is 6.38. The van der Waals surface area contributed by atoms with Crippen LogP contribution in [0.3, 0.4) is 0 Å². The van der Waals surface area contributed by atoms with E-state index in [2.05, 4.69) is 41.8 Å². The summed E-state index contributed by atoms with van der Waals surface area (Å²) in [6, 6.07) is 15.6. The van der Waals surface area contributed by atoms with Crippen LogP contribution in [-0.2, 0) is 16.1 Å². The summed E-state index contributed by atoms with van der Waals surface area (Å²) in [5, 5.41) is 30.3. The summed E-state index contributed by atoms with van der Waals surface area (Å²) < 4.78 is 1.78. The number of benzene rings is 1. The molecule has 4 amide bonds. The van der Waals surface area contributed by atoms with E-state index >= 15 is 0 Å². The van der Waals surface area contributed by atoms with Crippen molar-refractivity contribution in [3.8, 4) is 28.0 Å². The number of carbonyl (C=O) groups excluding carboxylic acids is 4. The molecular weight excluding hydrogens is 757 g/mol. The number of piperidine rings is 2. The third-order valence-corrected chi connectivity index (χ3v) is 13.5. The molecule has 17 heteroatoms. The Morgan fingerprint density at radius 2 is 1.74 bits per heavy atom. The maximum Gasteiger partial charge on any atom is 0.255 e. The van der Waals surface area contributed by atoms with Gasteiger partial charge in [0, 0.05) is 87.3 Å². The number of anilines is 2. The van der Waals surface area contributed by atoms with Gasteiger partial charge in [0.25, 0.3) is 11.8 Å². The molecule has 5 aliphatic heterocycles. The van der Waals surface area contributed by atoms with Crippen LogP contribution in [0, 0.1) is 11.3 Å². The molecule has 2 bridgehead atoms. The first-order chi connectivity index (χ1) is 28.3. The van der Waals surface area contributed by atoms with Gasteiger partial charge in [-0.05, 0) is 74.1 Å². The normalized spacial score (nSPS) is 22.4. The number of hydrogen-bond acceptors (Lipinski definition) is 13. The first-order valence-electron chi connectivity index (χ1n) is 19.8. The van der Waals surface area contributed by atoms with Crippen LogP contribution in [0.5, 0.6) is 0 Å². The second-order valence-electron chi connectivity index (χ2n) is 15.7. The number of nitrogens with zero attached hydrogens (tertiary/aromatic N) is 10. The Hall–Kier alpha value is -6.25. The number of rotatable bonds is 7. The fraction of sp³-hybridized carbons (Fsp3) is 0.390. The van der Waals surface area contributed by atoms with Crippen molar-refractivity contribution in [3.63, 3.8) is 0 Å². The molecule has 3 atom stereocenters. The zero-order valence-corrected chi connectivity index (χ0v) is 32.6. The van der Waals surface area contributed by atoms with Crippen LogP contribution < -0.4 is 15.5 Å². The Morgan fingerprint density at radius 1 is 0.931 bits per heavy atom. The average Bonchev–Trinajstić information content (AvgIpc) is 4.04. The molecule has 9 heterocycles. The Bertz CT molecular complexity index is 2540. The largest absolute Gasteiger partial charge is 0.387 e. The average molecular weight is 797 g/mol. The number of fused-ring (bicyclic) bond motifs is 4.